The van der Waals surface area contributed by atoms with E-state index in [2.05, 4.69) is 55.8 Å². The lowest BCUT2D eigenvalue weighted by Gasteiger charge is -2.12. The van der Waals surface area contributed by atoms with Crippen LogP contribution in [0.4, 0.5) is 0 Å². The molecular formula is C13H25N3. The Hall–Kier alpha value is -0.830. The fourth-order valence-corrected chi connectivity index (χ4v) is 1.83. The Labute approximate surface area is 99.2 Å². The van der Waals surface area contributed by atoms with Gasteiger partial charge in [-0.1, -0.05) is 13.8 Å². The van der Waals surface area contributed by atoms with E-state index in [4.69, 9.17) is 0 Å². The number of hydrogen-bond donors (Lipinski definition) is 1. The minimum atomic E-state index is 0.325. The molecule has 3 heteroatoms. The molecule has 0 aliphatic rings. The van der Waals surface area contributed by atoms with Crippen molar-refractivity contribution in [3.05, 3.63) is 17.5 Å². The van der Waals surface area contributed by atoms with E-state index in [0.717, 1.165) is 12.1 Å². The zero-order valence-corrected chi connectivity index (χ0v) is 11.4. The van der Waals surface area contributed by atoms with Crippen LogP contribution >= 0.6 is 0 Å². The van der Waals surface area contributed by atoms with Crippen LogP contribution in [0.1, 0.15) is 58.1 Å². The minimum absolute atomic E-state index is 0.325. The first-order chi connectivity index (χ1) is 7.45. The largest absolute Gasteiger partial charge is 0.312 e. The van der Waals surface area contributed by atoms with Crippen LogP contribution in [0, 0.1) is 5.92 Å². The van der Waals surface area contributed by atoms with Crippen LogP contribution in [-0.4, -0.2) is 16.8 Å². The third-order valence-corrected chi connectivity index (χ3v) is 2.82. The molecule has 92 valence electrons. The molecule has 0 saturated heterocycles. The normalized spacial score (nSPS) is 13.8. The third-order valence-electron chi connectivity index (χ3n) is 2.82. The lowest BCUT2D eigenvalue weighted by molar-refractivity contribution is 0.479. The summed E-state index contributed by atoms with van der Waals surface area (Å²) in [4.78, 5) is 0. The quantitative estimate of drug-likeness (QED) is 0.831. The van der Waals surface area contributed by atoms with Crippen molar-refractivity contribution in [3.63, 3.8) is 0 Å². The highest BCUT2D eigenvalue weighted by Crippen LogP contribution is 2.19. The summed E-state index contributed by atoms with van der Waals surface area (Å²) in [6.45, 7) is 11.0. The van der Waals surface area contributed by atoms with E-state index in [-0.39, 0.29) is 0 Å². The average Bonchev–Trinajstić information content (AvgIpc) is 2.59. The molecule has 1 heterocycles. The summed E-state index contributed by atoms with van der Waals surface area (Å²) in [6, 6.07) is 3.00. The fourth-order valence-electron chi connectivity index (χ4n) is 1.83. The van der Waals surface area contributed by atoms with Gasteiger partial charge >= 0.3 is 0 Å². The van der Waals surface area contributed by atoms with Crippen LogP contribution in [0.3, 0.4) is 0 Å². The number of nitrogens with one attached hydrogen (secondary N) is 1. The molecule has 0 spiro atoms. The second-order valence-corrected chi connectivity index (χ2v) is 5.21. The van der Waals surface area contributed by atoms with Gasteiger partial charge in [-0.3, -0.25) is 4.68 Å². The molecule has 3 nitrogen and oxygen atoms in total. The Kier molecular flexibility index (Phi) is 4.54. The zero-order valence-electron chi connectivity index (χ0n) is 11.4. The Morgan fingerprint density at radius 1 is 1.25 bits per heavy atom. The van der Waals surface area contributed by atoms with Crippen LogP contribution in [0.25, 0.3) is 0 Å². The van der Waals surface area contributed by atoms with Crippen molar-refractivity contribution in [1.82, 2.24) is 15.1 Å². The van der Waals surface area contributed by atoms with Gasteiger partial charge in [-0.25, -0.2) is 0 Å². The van der Waals surface area contributed by atoms with Gasteiger partial charge in [0.15, 0.2) is 0 Å². The van der Waals surface area contributed by atoms with E-state index in [1.54, 1.807) is 0 Å². The maximum Gasteiger partial charge on any atom is 0.0794 e. The van der Waals surface area contributed by atoms with Crippen molar-refractivity contribution in [3.8, 4) is 0 Å². The van der Waals surface area contributed by atoms with Gasteiger partial charge in [-0.05, 0) is 46.2 Å². The number of nitrogens with zero attached hydrogens (tertiary/aromatic N) is 2. The van der Waals surface area contributed by atoms with Gasteiger partial charge in [0.1, 0.15) is 0 Å². The molecular weight excluding hydrogens is 198 g/mol. The van der Waals surface area contributed by atoms with Gasteiger partial charge in [0, 0.05) is 17.8 Å². The molecule has 0 aliphatic carbocycles. The summed E-state index contributed by atoms with van der Waals surface area (Å²) in [7, 11) is 1.97. The van der Waals surface area contributed by atoms with Crippen molar-refractivity contribution in [2.45, 2.75) is 53.1 Å². The highest BCUT2D eigenvalue weighted by Gasteiger charge is 2.14. The topological polar surface area (TPSA) is 29.9 Å². The van der Waals surface area contributed by atoms with E-state index in [9.17, 15) is 0 Å². The molecule has 16 heavy (non-hydrogen) atoms. The smallest absolute Gasteiger partial charge is 0.0794 e. The van der Waals surface area contributed by atoms with Crippen molar-refractivity contribution >= 4 is 0 Å². The van der Waals surface area contributed by atoms with Gasteiger partial charge in [-0.2, -0.15) is 5.10 Å². The number of aromatic nitrogens is 2. The molecule has 1 atom stereocenters. The van der Waals surface area contributed by atoms with Crippen molar-refractivity contribution in [1.29, 1.82) is 0 Å². The first kappa shape index (κ1) is 13.2. The summed E-state index contributed by atoms with van der Waals surface area (Å²) >= 11 is 0. The van der Waals surface area contributed by atoms with E-state index in [1.807, 2.05) is 7.05 Å². The lowest BCUT2D eigenvalue weighted by Crippen LogP contribution is -2.14. The molecule has 0 fully saturated rings. The first-order valence-corrected chi connectivity index (χ1v) is 6.21. The summed E-state index contributed by atoms with van der Waals surface area (Å²) in [5, 5.41) is 7.93. The van der Waals surface area contributed by atoms with E-state index >= 15 is 0 Å². The van der Waals surface area contributed by atoms with Crippen molar-refractivity contribution < 1.29 is 0 Å². The fraction of sp³-hybridized carbons (Fsp3) is 0.769. The zero-order chi connectivity index (χ0) is 12.3. The number of hydrogen-bond acceptors (Lipinski definition) is 2. The van der Waals surface area contributed by atoms with Crippen LogP contribution in [-0.2, 0) is 6.42 Å². The highest BCUT2D eigenvalue weighted by molar-refractivity contribution is 5.14. The SMILES string of the molecule is CNC(C)c1cc(CC(C)C)n(C(C)C)n1. The Bertz CT molecular complexity index is 326. The van der Waals surface area contributed by atoms with E-state index in [1.165, 1.54) is 5.69 Å². The van der Waals surface area contributed by atoms with Crippen molar-refractivity contribution in [2.24, 2.45) is 5.92 Å². The molecule has 0 amide bonds. The molecule has 1 rings (SSSR count). The molecule has 1 unspecified atom stereocenters. The van der Waals surface area contributed by atoms with Crippen molar-refractivity contribution in [2.75, 3.05) is 7.05 Å². The van der Waals surface area contributed by atoms with Gasteiger partial charge < -0.3 is 5.32 Å². The summed E-state index contributed by atoms with van der Waals surface area (Å²) in [5.74, 6) is 0.673. The predicted octanol–water partition coefficient (Wildman–Crippen LogP) is 2.94. The molecule has 0 saturated carbocycles. The van der Waals surface area contributed by atoms with Gasteiger partial charge in [0.05, 0.1) is 5.69 Å². The Morgan fingerprint density at radius 3 is 2.31 bits per heavy atom. The average molecular weight is 223 g/mol. The highest BCUT2D eigenvalue weighted by atomic mass is 15.3. The maximum atomic E-state index is 4.69. The molecule has 0 bridgehead atoms. The second-order valence-electron chi connectivity index (χ2n) is 5.21. The Balaban J connectivity index is 3.00. The first-order valence-electron chi connectivity index (χ1n) is 6.21. The molecule has 0 aliphatic heterocycles. The standard InChI is InChI=1S/C13H25N3/c1-9(2)7-12-8-13(11(5)14-6)15-16(12)10(3)4/h8-11,14H,7H2,1-6H3. The molecule has 1 N–H and O–H groups in total. The van der Waals surface area contributed by atoms with Gasteiger partial charge in [0.2, 0.25) is 0 Å². The monoisotopic (exact) mass is 223 g/mol. The van der Waals surface area contributed by atoms with Crippen LogP contribution in [0.5, 0.6) is 0 Å². The van der Waals surface area contributed by atoms with Crippen LogP contribution in [0.15, 0.2) is 6.07 Å². The summed E-state index contributed by atoms with van der Waals surface area (Å²) < 4.78 is 2.16. The molecule has 1 aromatic rings. The number of rotatable bonds is 5. The lowest BCUT2D eigenvalue weighted by atomic mass is 10.1. The molecule has 1 aromatic heterocycles. The van der Waals surface area contributed by atoms with Crippen LogP contribution in [0.2, 0.25) is 0 Å². The molecule has 0 aromatic carbocycles. The summed E-state index contributed by atoms with van der Waals surface area (Å²) in [6.07, 6.45) is 1.10. The minimum Gasteiger partial charge on any atom is -0.312 e. The summed E-state index contributed by atoms with van der Waals surface area (Å²) in [5.41, 5.74) is 2.49. The molecule has 0 radical (unpaired) electrons. The predicted molar refractivity (Wildman–Crippen MR) is 68.6 cm³/mol. The third kappa shape index (κ3) is 3.08. The van der Waals surface area contributed by atoms with E-state index < -0.39 is 0 Å². The van der Waals surface area contributed by atoms with Gasteiger partial charge in [-0.15, -0.1) is 0 Å². The van der Waals surface area contributed by atoms with E-state index in [0.29, 0.717) is 18.0 Å². The van der Waals surface area contributed by atoms with Gasteiger partial charge in [0.25, 0.3) is 0 Å². The van der Waals surface area contributed by atoms with Crippen LogP contribution < -0.4 is 5.32 Å². The Morgan fingerprint density at radius 2 is 1.88 bits per heavy atom. The second kappa shape index (κ2) is 5.48. The maximum absolute atomic E-state index is 4.69.